The van der Waals surface area contributed by atoms with Crippen molar-refractivity contribution < 1.29 is 4.79 Å². The first kappa shape index (κ1) is 14.3. The first-order valence-electron chi connectivity index (χ1n) is 6.32. The van der Waals surface area contributed by atoms with Crippen LogP contribution in [0.4, 0.5) is 5.69 Å². The van der Waals surface area contributed by atoms with Crippen molar-refractivity contribution in [3.8, 4) is 0 Å². The lowest BCUT2D eigenvalue weighted by Crippen LogP contribution is -2.35. The van der Waals surface area contributed by atoms with Gasteiger partial charge in [0.25, 0.3) is 5.91 Å². The van der Waals surface area contributed by atoms with Crippen LogP contribution in [0.3, 0.4) is 0 Å². The molecule has 1 aromatic heterocycles. The minimum absolute atomic E-state index is 0.0395. The van der Waals surface area contributed by atoms with Crippen LogP contribution in [-0.2, 0) is 6.42 Å². The van der Waals surface area contributed by atoms with E-state index in [0.29, 0.717) is 17.1 Å². The van der Waals surface area contributed by atoms with Crippen molar-refractivity contribution in [2.75, 3.05) is 5.73 Å². The topological polar surface area (TPSA) is 68.0 Å². The Labute approximate surface area is 123 Å². The van der Waals surface area contributed by atoms with E-state index in [9.17, 15) is 4.79 Å². The van der Waals surface area contributed by atoms with Crippen LogP contribution in [-0.4, -0.2) is 16.9 Å². The summed E-state index contributed by atoms with van der Waals surface area (Å²) in [5, 5.41) is 3.57. The van der Waals surface area contributed by atoms with E-state index in [1.165, 1.54) is 0 Å². The number of rotatable bonds is 4. The van der Waals surface area contributed by atoms with Gasteiger partial charge < -0.3 is 11.1 Å². The first-order chi connectivity index (χ1) is 9.56. The fourth-order valence-electron chi connectivity index (χ4n) is 1.97. The molecule has 0 spiro atoms. The van der Waals surface area contributed by atoms with E-state index in [4.69, 9.17) is 17.3 Å². The van der Waals surface area contributed by atoms with Gasteiger partial charge in [-0.25, -0.2) is 4.98 Å². The number of hydrogen-bond acceptors (Lipinski definition) is 3. The predicted molar refractivity (Wildman–Crippen MR) is 80.7 cm³/mol. The SMILES string of the molecule is CC(Cc1cccc(Cl)c1)NC(=O)c1ncccc1N. The van der Waals surface area contributed by atoms with E-state index in [1.54, 1.807) is 18.3 Å². The van der Waals surface area contributed by atoms with Gasteiger partial charge >= 0.3 is 0 Å². The molecule has 3 N–H and O–H groups in total. The number of nitrogens with one attached hydrogen (secondary N) is 1. The lowest BCUT2D eigenvalue weighted by Gasteiger charge is -2.14. The van der Waals surface area contributed by atoms with Gasteiger partial charge in [0.1, 0.15) is 0 Å². The Hall–Kier alpha value is -2.07. The number of nitrogens with zero attached hydrogens (tertiary/aromatic N) is 1. The van der Waals surface area contributed by atoms with Crippen LogP contribution in [0.2, 0.25) is 5.02 Å². The van der Waals surface area contributed by atoms with Crippen molar-refractivity contribution in [1.82, 2.24) is 10.3 Å². The van der Waals surface area contributed by atoms with E-state index in [2.05, 4.69) is 10.3 Å². The maximum Gasteiger partial charge on any atom is 0.272 e. The van der Waals surface area contributed by atoms with Crippen molar-refractivity contribution in [2.45, 2.75) is 19.4 Å². The van der Waals surface area contributed by atoms with Crippen molar-refractivity contribution in [3.05, 3.63) is 58.9 Å². The van der Waals surface area contributed by atoms with E-state index in [1.807, 2.05) is 31.2 Å². The predicted octanol–water partition coefficient (Wildman–Crippen LogP) is 2.68. The number of amides is 1. The molecular weight excluding hydrogens is 274 g/mol. The van der Waals surface area contributed by atoms with Gasteiger partial charge in [-0.1, -0.05) is 23.7 Å². The Morgan fingerprint density at radius 3 is 2.90 bits per heavy atom. The number of hydrogen-bond donors (Lipinski definition) is 2. The second kappa shape index (κ2) is 6.39. The van der Waals surface area contributed by atoms with Gasteiger partial charge in [-0.05, 0) is 43.2 Å². The molecule has 2 aromatic rings. The molecule has 1 amide bonds. The van der Waals surface area contributed by atoms with Crippen LogP contribution in [0, 0.1) is 0 Å². The normalized spacial score (nSPS) is 11.9. The summed E-state index contributed by atoms with van der Waals surface area (Å²) in [5.41, 5.74) is 7.43. The Bertz CT molecular complexity index is 616. The molecule has 2 rings (SSSR count). The third-order valence-electron chi connectivity index (χ3n) is 2.86. The zero-order valence-corrected chi connectivity index (χ0v) is 11.9. The molecule has 0 fully saturated rings. The summed E-state index contributed by atoms with van der Waals surface area (Å²) in [6.45, 7) is 1.93. The van der Waals surface area contributed by atoms with Crippen LogP contribution in [0.15, 0.2) is 42.6 Å². The number of benzene rings is 1. The summed E-state index contributed by atoms with van der Waals surface area (Å²) >= 11 is 5.94. The van der Waals surface area contributed by atoms with Crippen LogP contribution >= 0.6 is 11.6 Å². The average molecular weight is 290 g/mol. The molecular formula is C15H16ClN3O. The smallest absolute Gasteiger partial charge is 0.272 e. The highest BCUT2D eigenvalue weighted by atomic mass is 35.5. The molecule has 20 heavy (non-hydrogen) atoms. The zero-order valence-electron chi connectivity index (χ0n) is 11.1. The number of nitrogen functional groups attached to an aromatic ring is 1. The lowest BCUT2D eigenvalue weighted by molar-refractivity contribution is 0.0936. The van der Waals surface area contributed by atoms with Gasteiger partial charge in [-0.3, -0.25) is 4.79 Å². The standard InChI is InChI=1S/C15H16ClN3O/c1-10(8-11-4-2-5-12(16)9-11)19-15(20)14-13(17)6-3-7-18-14/h2-7,9-10H,8,17H2,1H3,(H,19,20). The van der Waals surface area contributed by atoms with Crippen LogP contribution < -0.4 is 11.1 Å². The molecule has 0 bridgehead atoms. The van der Waals surface area contributed by atoms with Gasteiger partial charge in [-0.2, -0.15) is 0 Å². The van der Waals surface area contributed by atoms with Crippen molar-refractivity contribution in [2.24, 2.45) is 0 Å². The average Bonchev–Trinajstić information content (AvgIpc) is 2.38. The molecule has 0 saturated heterocycles. The highest BCUT2D eigenvalue weighted by Crippen LogP contribution is 2.13. The van der Waals surface area contributed by atoms with E-state index in [-0.39, 0.29) is 17.6 Å². The largest absolute Gasteiger partial charge is 0.397 e. The van der Waals surface area contributed by atoms with E-state index in [0.717, 1.165) is 5.56 Å². The summed E-state index contributed by atoms with van der Waals surface area (Å²) in [6.07, 6.45) is 2.24. The quantitative estimate of drug-likeness (QED) is 0.909. The number of nitrogens with two attached hydrogens (primary N) is 1. The molecule has 0 aliphatic heterocycles. The Morgan fingerprint density at radius 1 is 1.40 bits per heavy atom. The number of halogens is 1. The highest BCUT2D eigenvalue weighted by Gasteiger charge is 2.13. The summed E-state index contributed by atoms with van der Waals surface area (Å²) in [6, 6.07) is 10.9. The van der Waals surface area contributed by atoms with Crippen LogP contribution in [0.5, 0.6) is 0 Å². The summed E-state index contributed by atoms with van der Waals surface area (Å²) in [5.74, 6) is -0.266. The van der Waals surface area contributed by atoms with Crippen molar-refractivity contribution in [1.29, 1.82) is 0 Å². The zero-order chi connectivity index (χ0) is 14.5. The van der Waals surface area contributed by atoms with Crippen LogP contribution in [0.1, 0.15) is 23.0 Å². The molecule has 104 valence electrons. The molecule has 0 saturated carbocycles. The molecule has 1 aromatic carbocycles. The number of carbonyl (C=O) groups excluding carboxylic acids is 1. The Balaban J connectivity index is 2.00. The monoisotopic (exact) mass is 289 g/mol. The second-order valence-electron chi connectivity index (χ2n) is 4.65. The molecule has 1 unspecified atom stereocenters. The fourth-order valence-corrected chi connectivity index (χ4v) is 2.18. The summed E-state index contributed by atoms with van der Waals surface area (Å²) in [7, 11) is 0. The first-order valence-corrected chi connectivity index (χ1v) is 6.70. The number of anilines is 1. The van der Waals surface area contributed by atoms with Gasteiger partial charge in [0, 0.05) is 17.3 Å². The van der Waals surface area contributed by atoms with Crippen LogP contribution in [0.25, 0.3) is 0 Å². The van der Waals surface area contributed by atoms with Gasteiger partial charge in [0.15, 0.2) is 5.69 Å². The third kappa shape index (κ3) is 3.71. The van der Waals surface area contributed by atoms with Crippen molar-refractivity contribution >= 4 is 23.2 Å². The summed E-state index contributed by atoms with van der Waals surface area (Å²) < 4.78 is 0. The van der Waals surface area contributed by atoms with Gasteiger partial charge in [0.2, 0.25) is 0 Å². The maximum atomic E-state index is 12.1. The van der Waals surface area contributed by atoms with Gasteiger partial charge in [0.05, 0.1) is 5.69 Å². The molecule has 1 heterocycles. The molecule has 5 heteroatoms. The molecule has 0 radical (unpaired) electrons. The number of pyridine rings is 1. The molecule has 4 nitrogen and oxygen atoms in total. The minimum atomic E-state index is -0.266. The Morgan fingerprint density at radius 2 is 2.20 bits per heavy atom. The lowest BCUT2D eigenvalue weighted by atomic mass is 10.1. The van der Waals surface area contributed by atoms with E-state index >= 15 is 0 Å². The maximum absolute atomic E-state index is 12.1. The third-order valence-corrected chi connectivity index (χ3v) is 3.10. The molecule has 1 atom stereocenters. The van der Waals surface area contributed by atoms with E-state index < -0.39 is 0 Å². The van der Waals surface area contributed by atoms with Gasteiger partial charge in [-0.15, -0.1) is 0 Å². The number of aromatic nitrogens is 1. The number of carbonyl (C=O) groups is 1. The molecule has 0 aliphatic carbocycles. The van der Waals surface area contributed by atoms with Crippen molar-refractivity contribution in [3.63, 3.8) is 0 Å². The second-order valence-corrected chi connectivity index (χ2v) is 5.09. The molecule has 0 aliphatic rings. The fraction of sp³-hybridized carbons (Fsp3) is 0.200. The Kier molecular flexibility index (Phi) is 4.58. The highest BCUT2D eigenvalue weighted by molar-refractivity contribution is 6.30. The minimum Gasteiger partial charge on any atom is -0.397 e. The summed E-state index contributed by atoms with van der Waals surface area (Å²) in [4.78, 5) is 16.0.